The van der Waals surface area contributed by atoms with E-state index in [-0.39, 0.29) is 11.8 Å². The Balaban J connectivity index is 1.51. The number of rotatable bonds is 5. The van der Waals surface area contributed by atoms with Crippen LogP contribution in [-0.4, -0.2) is 30.2 Å². The largest absolute Gasteiger partial charge is 0.326 e. The SMILES string of the molecule is CSc1cccc(NC(=O)C2CCN(Cc3ccccc3Cl)CC2)c1. The lowest BCUT2D eigenvalue weighted by atomic mass is 9.95. The van der Waals surface area contributed by atoms with Crippen molar-refractivity contribution < 1.29 is 4.79 Å². The second-order valence-electron chi connectivity index (χ2n) is 6.36. The molecule has 1 amide bonds. The van der Waals surface area contributed by atoms with Gasteiger partial charge in [-0.15, -0.1) is 11.8 Å². The van der Waals surface area contributed by atoms with Gasteiger partial charge < -0.3 is 5.32 Å². The summed E-state index contributed by atoms with van der Waals surface area (Å²) < 4.78 is 0. The number of hydrogen-bond acceptors (Lipinski definition) is 3. The van der Waals surface area contributed by atoms with Gasteiger partial charge in [0.05, 0.1) is 0 Å². The van der Waals surface area contributed by atoms with Crippen LogP contribution in [-0.2, 0) is 11.3 Å². The molecule has 5 heteroatoms. The first-order valence-electron chi connectivity index (χ1n) is 8.56. The number of likely N-dealkylation sites (tertiary alicyclic amines) is 1. The molecule has 1 aliphatic heterocycles. The molecule has 1 fully saturated rings. The van der Waals surface area contributed by atoms with E-state index in [0.717, 1.165) is 53.6 Å². The molecule has 0 radical (unpaired) electrons. The van der Waals surface area contributed by atoms with E-state index in [1.165, 1.54) is 0 Å². The number of carbonyl (C=O) groups excluding carboxylic acids is 1. The zero-order valence-corrected chi connectivity index (χ0v) is 15.9. The molecule has 1 saturated heterocycles. The number of amides is 1. The van der Waals surface area contributed by atoms with Crippen molar-refractivity contribution in [3.63, 3.8) is 0 Å². The van der Waals surface area contributed by atoms with E-state index in [1.807, 2.05) is 48.7 Å². The monoisotopic (exact) mass is 374 g/mol. The molecule has 2 aromatic rings. The molecule has 132 valence electrons. The molecule has 0 unspecified atom stereocenters. The van der Waals surface area contributed by atoms with E-state index < -0.39 is 0 Å². The number of anilines is 1. The summed E-state index contributed by atoms with van der Waals surface area (Å²) in [6.07, 6.45) is 3.81. The van der Waals surface area contributed by atoms with Crippen LogP contribution in [0.3, 0.4) is 0 Å². The molecule has 1 heterocycles. The van der Waals surface area contributed by atoms with Gasteiger partial charge in [0.25, 0.3) is 0 Å². The first-order valence-corrected chi connectivity index (χ1v) is 10.2. The maximum Gasteiger partial charge on any atom is 0.227 e. The van der Waals surface area contributed by atoms with Crippen LogP contribution in [0.1, 0.15) is 18.4 Å². The number of halogens is 1. The summed E-state index contributed by atoms with van der Waals surface area (Å²) in [5, 5.41) is 3.88. The smallest absolute Gasteiger partial charge is 0.227 e. The van der Waals surface area contributed by atoms with Gasteiger partial charge in [0, 0.05) is 28.1 Å². The van der Waals surface area contributed by atoms with Crippen molar-refractivity contribution in [3.05, 3.63) is 59.1 Å². The minimum atomic E-state index is 0.0837. The third-order valence-electron chi connectivity index (χ3n) is 4.65. The number of nitrogens with zero attached hydrogens (tertiary/aromatic N) is 1. The van der Waals surface area contributed by atoms with Gasteiger partial charge in [-0.3, -0.25) is 9.69 Å². The quantitative estimate of drug-likeness (QED) is 0.754. The van der Waals surface area contributed by atoms with Crippen LogP contribution >= 0.6 is 23.4 Å². The summed E-state index contributed by atoms with van der Waals surface area (Å²) in [6.45, 7) is 2.70. The Labute approximate surface area is 158 Å². The number of benzene rings is 2. The van der Waals surface area contributed by atoms with Crippen LogP contribution in [0.25, 0.3) is 0 Å². The average molecular weight is 375 g/mol. The van der Waals surface area contributed by atoms with Gasteiger partial charge in [-0.2, -0.15) is 0 Å². The van der Waals surface area contributed by atoms with Crippen molar-refractivity contribution in [2.45, 2.75) is 24.3 Å². The average Bonchev–Trinajstić information content (AvgIpc) is 2.64. The summed E-state index contributed by atoms with van der Waals surface area (Å²) in [7, 11) is 0. The topological polar surface area (TPSA) is 32.3 Å². The Morgan fingerprint density at radius 2 is 1.96 bits per heavy atom. The fourth-order valence-corrected chi connectivity index (χ4v) is 3.82. The summed E-state index contributed by atoms with van der Waals surface area (Å²) in [4.78, 5) is 16.1. The highest BCUT2D eigenvalue weighted by atomic mass is 35.5. The van der Waals surface area contributed by atoms with Crippen LogP contribution in [0.4, 0.5) is 5.69 Å². The number of thioether (sulfide) groups is 1. The molecule has 1 N–H and O–H groups in total. The van der Waals surface area contributed by atoms with Gasteiger partial charge in [0.15, 0.2) is 0 Å². The molecule has 0 bridgehead atoms. The van der Waals surface area contributed by atoms with Crippen molar-refractivity contribution in [1.82, 2.24) is 4.90 Å². The molecule has 0 aromatic heterocycles. The van der Waals surface area contributed by atoms with Gasteiger partial charge in [-0.05, 0) is 62.0 Å². The second kappa shape index (κ2) is 8.75. The lowest BCUT2D eigenvalue weighted by Gasteiger charge is -2.31. The van der Waals surface area contributed by atoms with Gasteiger partial charge in [-0.25, -0.2) is 0 Å². The molecular weight excluding hydrogens is 352 g/mol. The molecule has 2 aromatic carbocycles. The molecule has 0 spiro atoms. The van der Waals surface area contributed by atoms with E-state index in [2.05, 4.69) is 16.3 Å². The molecule has 1 aliphatic rings. The summed E-state index contributed by atoms with van der Waals surface area (Å²) in [6, 6.07) is 16.0. The Hall–Kier alpha value is -1.49. The first kappa shape index (κ1) is 18.3. The molecule has 3 rings (SSSR count). The van der Waals surface area contributed by atoms with Crippen molar-refractivity contribution in [2.75, 3.05) is 24.7 Å². The zero-order chi connectivity index (χ0) is 17.6. The van der Waals surface area contributed by atoms with Crippen molar-refractivity contribution in [1.29, 1.82) is 0 Å². The summed E-state index contributed by atoms with van der Waals surface area (Å²) in [5.74, 6) is 0.219. The van der Waals surface area contributed by atoms with Gasteiger partial charge >= 0.3 is 0 Å². The van der Waals surface area contributed by atoms with Crippen LogP contribution in [0.5, 0.6) is 0 Å². The molecule has 25 heavy (non-hydrogen) atoms. The molecule has 3 nitrogen and oxygen atoms in total. The highest BCUT2D eigenvalue weighted by molar-refractivity contribution is 7.98. The van der Waals surface area contributed by atoms with Crippen molar-refractivity contribution >= 4 is 35.0 Å². The molecule has 0 aliphatic carbocycles. The van der Waals surface area contributed by atoms with E-state index in [0.29, 0.717) is 0 Å². The molecule has 0 saturated carbocycles. The van der Waals surface area contributed by atoms with Gasteiger partial charge in [-0.1, -0.05) is 35.9 Å². The summed E-state index contributed by atoms with van der Waals surface area (Å²) in [5.41, 5.74) is 2.04. The van der Waals surface area contributed by atoms with Crippen LogP contribution < -0.4 is 5.32 Å². The summed E-state index contributed by atoms with van der Waals surface area (Å²) >= 11 is 7.92. The van der Waals surface area contributed by atoms with E-state index in [4.69, 9.17) is 11.6 Å². The fraction of sp³-hybridized carbons (Fsp3) is 0.350. The minimum Gasteiger partial charge on any atom is -0.326 e. The second-order valence-corrected chi connectivity index (χ2v) is 7.65. The van der Waals surface area contributed by atoms with Crippen molar-refractivity contribution in [2.24, 2.45) is 5.92 Å². The minimum absolute atomic E-state index is 0.0837. The Morgan fingerprint density at radius 3 is 2.68 bits per heavy atom. The third kappa shape index (κ3) is 5.00. The number of nitrogens with one attached hydrogen (secondary N) is 1. The zero-order valence-electron chi connectivity index (χ0n) is 14.4. The maximum atomic E-state index is 12.5. The maximum absolute atomic E-state index is 12.5. The van der Waals surface area contributed by atoms with Gasteiger partial charge in [0.1, 0.15) is 0 Å². The van der Waals surface area contributed by atoms with E-state index in [1.54, 1.807) is 11.8 Å². The van der Waals surface area contributed by atoms with Crippen LogP contribution in [0.15, 0.2) is 53.4 Å². The number of carbonyl (C=O) groups is 1. The predicted octanol–water partition coefficient (Wildman–Crippen LogP) is 4.91. The predicted molar refractivity (Wildman–Crippen MR) is 106 cm³/mol. The first-order chi connectivity index (χ1) is 12.2. The lowest BCUT2D eigenvalue weighted by molar-refractivity contribution is -0.121. The van der Waals surface area contributed by atoms with E-state index >= 15 is 0 Å². The number of piperidine rings is 1. The fourth-order valence-electron chi connectivity index (χ4n) is 3.17. The normalized spacial score (nSPS) is 15.9. The molecule has 0 atom stereocenters. The highest BCUT2D eigenvalue weighted by Crippen LogP contribution is 2.24. The Bertz CT molecular complexity index is 729. The van der Waals surface area contributed by atoms with Gasteiger partial charge in [0.2, 0.25) is 5.91 Å². The van der Waals surface area contributed by atoms with Crippen LogP contribution in [0.2, 0.25) is 5.02 Å². The number of hydrogen-bond donors (Lipinski definition) is 1. The van der Waals surface area contributed by atoms with E-state index in [9.17, 15) is 4.79 Å². The molecular formula is C20H23ClN2OS. The Kier molecular flexibility index (Phi) is 6.40. The Morgan fingerprint density at radius 1 is 1.20 bits per heavy atom. The highest BCUT2D eigenvalue weighted by Gasteiger charge is 2.25. The van der Waals surface area contributed by atoms with Crippen molar-refractivity contribution in [3.8, 4) is 0 Å². The third-order valence-corrected chi connectivity index (χ3v) is 5.74. The van der Waals surface area contributed by atoms with Crippen LogP contribution in [0, 0.1) is 5.92 Å². The standard InChI is InChI=1S/C20H23ClN2OS/c1-25-18-7-4-6-17(13-18)22-20(24)15-9-11-23(12-10-15)14-16-5-2-3-8-19(16)21/h2-8,13,15H,9-12,14H2,1H3,(H,22,24). The lowest BCUT2D eigenvalue weighted by Crippen LogP contribution is -2.37.